The van der Waals surface area contributed by atoms with Crippen LogP contribution in [-0.4, -0.2) is 44.1 Å². The fourth-order valence-electron chi connectivity index (χ4n) is 2.07. The molecule has 0 aliphatic heterocycles. The van der Waals surface area contributed by atoms with Gasteiger partial charge < -0.3 is 10.1 Å². The van der Waals surface area contributed by atoms with E-state index in [9.17, 15) is 4.79 Å². The van der Waals surface area contributed by atoms with E-state index < -0.39 is 0 Å². The third-order valence-corrected chi connectivity index (χ3v) is 3.35. The number of benzene rings is 1. The summed E-state index contributed by atoms with van der Waals surface area (Å²) in [5, 5.41) is 2.67. The Morgan fingerprint density at radius 3 is 2.47 bits per heavy atom. The van der Waals surface area contributed by atoms with Gasteiger partial charge in [-0.3, -0.25) is 9.69 Å². The Morgan fingerprint density at radius 1 is 1.37 bits per heavy atom. The first-order valence-corrected chi connectivity index (χ1v) is 6.68. The largest absolute Gasteiger partial charge is 0.497 e. The van der Waals surface area contributed by atoms with Gasteiger partial charge >= 0.3 is 0 Å². The van der Waals surface area contributed by atoms with Gasteiger partial charge in [-0.15, -0.1) is 0 Å². The molecule has 0 fully saturated rings. The van der Waals surface area contributed by atoms with Gasteiger partial charge in [0, 0.05) is 13.1 Å². The summed E-state index contributed by atoms with van der Waals surface area (Å²) in [7, 11) is 3.34. The Morgan fingerprint density at radius 2 is 2.00 bits per heavy atom. The molecule has 0 saturated carbocycles. The highest BCUT2D eigenvalue weighted by molar-refractivity contribution is 5.77. The number of ether oxygens (including phenoxy) is 1. The summed E-state index contributed by atoms with van der Waals surface area (Å²) < 4.78 is 5.15. The highest BCUT2D eigenvalue weighted by atomic mass is 16.5. The van der Waals surface area contributed by atoms with Crippen molar-refractivity contribution in [1.29, 1.82) is 0 Å². The number of carbonyl (C=O) groups is 1. The quantitative estimate of drug-likeness (QED) is 0.815. The summed E-state index contributed by atoms with van der Waals surface area (Å²) in [6.45, 7) is 5.54. The van der Waals surface area contributed by atoms with Crippen molar-refractivity contribution in [1.82, 2.24) is 10.2 Å². The number of likely N-dealkylation sites (N-methyl/N-ethyl adjacent to an activating group) is 2. The minimum Gasteiger partial charge on any atom is -0.497 e. The molecule has 1 atom stereocenters. The minimum absolute atomic E-state index is 0.0587. The molecular weight excluding hydrogens is 240 g/mol. The lowest BCUT2D eigenvalue weighted by molar-refractivity contribution is -0.122. The van der Waals surface area contributed by atoms with Crippen molar-refractivity contribution >= 4 is 5.91 Å². The van der Waals surface area contributed by atoms with E-state index in [0.29, 0.717) is 12.6 Å². The monoisotopic (exact) mass is 264 g/mol. The molecule has 4 heteroatoms. The van der Waals surface area contributed by atoms with E-state index in [1.165, 1.54) is 5.56 Å². The van der Waals surface area contributed by atoms with E-state index in [4.69, 9.17) is 4.74 Å². The Hall–Kier alpha value is -1.55. The zero-order valence-electron chi connectivity index (χ0n) is 12.3. The van der Waals surface area contributed by atoms with Gasteiger partial charge in [0.2, 0.25) is 5.91 Å². The molecule has 1 unspecified atom stereocenters. The predicted octanol–water partition coefficient (Wildman–Crippen LogP) is 1.69. The molecule has 0 radical (unpaired) electrons. The fourth-order valence-corrected chi connectivity index (χ4v) is 2.07. The number of nitrogens with one attached hydrogen (secondary N) is 1. The normalized spacial score (nSPS) is 12.3. The van der Waals surface area contributed by atoms with Crippen LogP contribution in [0.25, 0.3) is 0 Å². The number of nitrogens with zero attached hydrogens (tertiary/aromatic N) is 1. The molecule has 0 aliphatic carbocycles. The van der Waals surface area contributed by atoms with Gasteiger partial charge in [-0.1, -0.05) is 19.1 Å². The molecule has 1 aromatic rings. The van der Waals surface area contributed by atoms with Crippen LogP contribution in [0.1, 0.15) is 19.4 Å². The first-order valence-electron chi connectivity index (χ1n) is 6.68. The third-order valence-electron chi connectivity index (χ3n) is 3.35. The molecule has 1 rings (SSSR count). The second-order valence-electron chi connectivity index (χ2n) is 4.64. The summed E-state index contributed by atoms with van der Waals surface area (Å²) in [6.07, 6.45) is 0.925. The average Bonchev–Trinajstić information content (AvgIpc) is 2.45. The highest BCUT2D eigenvalue weighted by Crippen LogP contribution is 2.14. The summed E-state index contributed by atoms with van der Waals surface area (Å²) in [4.78, 5) is 13.6. The topological polar surface area (TPSA) is 41.6 Å². The standard InChI is InChI=1S/C15H24N2O2/c1-5-17(11-15(18)16-3)12(2)10-13-6-8-14(19-4)9-7-13/h6-9,12H,5,10-11H2,1-4H3,(H,16,18). The SMILES string of the molecule is CCN(CC(=O)NC)C(C)Cc1ccc(OC)cc1. The van der Waals surface area contributed by atoms with Crippen molar-refractivity contribution in [2.24, 2.45) is 0 Å². The summed E-state index contributed by atoms with van der Waals surface area (Å²) in [5.41, 5.74) is 1.25. The van der Waals surface area contributed by atoms with Crippen molar-refractivity contribution in [3.63, 3.8) is 0 Å². The molecule has 0 spiro atoms. The van der Waals surface area contributed by atoms with E-state index in [1.54, 1.807) is 14.2 Å². The molecule has 0 bridgehead atoms. The van der Waals surface area contributed by atoms with Crippen LogP contribution >= 0.6 is 0 Å². The van der Waals surface area contributed by atoms with Crippen molar-refractivity contribution in [3.05, 3.63) is 29.8 Å². The highest BCUT2D eigenvalue weighted by Gasteiger charge is 2.15. The van der Waals surface area contributed by atoms with Crippen LogP contribution in [0, 0.1) is 0 Å². The van der Waals surface area contributed by atoms with Gasteiger partial charge in [-0.2, -0.15) is 0 Å². The van der Waals surface area contributed by atoms with Crippen LogP contribution in [0.15, 0.2) is 24.3 Å². The van der Waals surface area contributed by atoms with E-state index in [-0.39, 0.29) is 5.91 Å². The second kappa shape index (κ2) is 7.79. The minimum atomic E-state index is 0.0587. The molecule has 4 nitrogen and oxygen atoms in total. The number of carbonyl (C=O) groups excluding carboxylic acids is 1. The van der Waals surface area contributed by atoms with Gasteiger partial charge in [0.05, 0.1) is 13.7 Å². The van der Waals surface area contributed by atoms with Crippen LogP contribution in [0.4, 0.5) is 0 Å². The Labute approximate surface area is 115 Å². The molecule has 1 amide bonds. The predicted molar refractivity (Wildman–Crippen MR) is 77.5 cm³/mol. The van der Waals surface area contributed by atoms with E-state index in [1.807, 2.05) is 12.1 Å². The van der Waals surface area contributed by atoms with E-state index in [2.05, 4.69) is 36.2 Å². The molecule has 1 aromatic carbocycles. The lowest BCUT2D eigenvalue weighted by Gasteiger charge is -2.27. The summed E-state index contributed by atoms with van der Waals surface area (Å²) in [6, 6.07) is 8.41. The van der Waals surface area contributed by atoms with Crippen LogP contribution < -0.4 is 10.1 Å². The van der Waals surface area contributed by atoms with E-state index in [0.717, 1.165) is 18.7 Å². The van der Waals surface area contributed by atoms with Crippen molar-refractivity contribution in [3.8, 4) is 5.75 Å². The van der Waals surface area contributed by atoms with Crippen LogP contribution in [-0.2, 0) is 11.2 Å². The number of amides is 1. The number of hydrogen-bond donors (Lipinski definition) is 1. The van der Waals surface area contributed by atoms with Gasteiger partial charge in [0.25, 0.3) is 0 Å². The molecule has 0 saturated heterocycles. The molecular formula is C15H24N2O2. The lowest BCUT2D eigenvalue weighted by Crippen LogP contribution is -2.41. The average molecular weight is 264 g/mol. The second-order valence-corrected chi connectivity index (χ2v) is 4.64. The maximum atomic E-state index is 11.5. The molecule has 1 N–H and O–H groups in total. The van der Waals surface area contributed by atoms with Gasteiger partial charge in [0.1, 0.15) is 5.75 Å². The Bertz CT molecular complexity index is 390. The smallest absolute Gasteiger partial charge is 0.233 e. The van der Waals surface area contributed by atoms with E-state index >= 15 is 0 Å². The lowest BCUT2D eigenvalue weighted by atomic mass is 10.1. The van der Waals surface area contributed by atoms with Gasteiger partial charge in [-0.25, -0.2) is 0 Å². The molecule has 0 heterocycles. The fraction of sp³-hybridized carbons (Fsp3) is 0.533. The van der Waals surface area contributed by atoms with Crippen molar-refractivity contribution in [2.75, 3.05) is 27.2 Å². The zero-order valence-corrected chi connectivity index (χ0v) is 12.3. The Balaban J connectivity index is 2.59. The van der Waals surface area contributed by atoms with Crippen LogP contribution in [0.5, 0.6) is 5.75 Å². The summed E-state index contributed by atoms with van der Waals surface area (Å²) in [5.74, 6) is 0.928. The van der Waals surface area contributed by atoms with Gasteiger partial charge in [0.15, 0.2) is 0 Å². The van der Waals surface area contributed by atoms with Crippen LogP contribution in [0.3, 0.4) is 0 Å². The number of rotatable bonds is 7. The molecule has 19 heavy (non-hydrogen) atoms. The van der Waals surface area contributed by atoms with Crippen molar-refractivity contribution in [2.45, 2.75) is 26.3 Å². The summed E-state index contributed by atoms with van der Waals surface area (Å²) >= 11 is 0. The first-order chi connectivity index (χ1) is 9.10. The zero-order chi connectivity index (χ0) is 14.3. The first kappa shape index (κ1) is 15.5. The third kappa shape index (κ3) is 4.91. The molecule has 0 aromatic heterocycles. The number of hydrogen-bond acceptors (Lipinski definition) is 3. The van der Waals surface area contributed by atoms with Crippen molar-refractivity contribution < 1.29 is 9.53 Å². The van der Waals surface area contributed by atoms with Crippen LogP contribution in [0.2, 0.25) is 0 Å². The Kier molecular flexibility index (Phi) is 6.36. The number of methoxy groups -OCH3 is 1. The maximum absolute atomic E-state index is 11.5. The molecule has 0 aliphatic rings. The maximum Gasteiger partial charge on any atom is 0.233 e. The van der Waals surface area contributed by atoms with Gasteiger partial charge in [-0.05, 0) is 37.6 Å². The molecule has 106 valence electrons.